The lowest BCUT2D eigenvalue weighted by Crippen LogP contribution is -2.19. The van der Waals surface area contributed by atoms with Crippen molar-refractivity contribution in [3.05, 3.63) is 94.6 Å². The molecule has 0 saturated heterocycles. The number of Topliss-reactive ketones (excluding diaryl/α,β-unsaturated/α-hetero) is 1. The molecule has 0 amide bonds. The molecule has 1 fully saturated rings. The Morgan fingerprint density at radius 1 is 0.758 bits per heavy atom. The first-order valence-corrected chi connectivity index (χ1v) is 10.7. The molecule has 168 valence electrons. The van der Waals surface area contributed by atoms with E-state index in [0.717, 1.165) is 11.1 Å². The van der Waals surface area contributed by atoms with Crippen molar-refractivity contribution in [3.8, 4) is 23.0 Å². The number of allylic oxidation sites excluding steroid dienone is 2. The zero-order valence-corrected chi connectivity index (χ0v) is 18.6. The van der Waals surface area contributed by atoms with Crippen LogP contribution < -0.4 is 9.47 Å². The summed E-state index contributed by atoms with van der Waals surface area (Å²) in [5, 5.41) is 19.8. The van der Waals surface area contributed by atoms with Gasteiger partial charge in [-0.1, -0.05) is 42.5 Å². The second kappa shape index (κ2) is 9.65. The van der Waals surface area contributed by atoms with Gasteiger partial charge in [-0.3, -0.25) is 4.79 Å². The molecule has 0 radical (unpaired) electrons. The highest BCUT2D eigenvalue weighted by Gasteiger charge is 2.29. The van der Waals surface area contributed by atoms with E-state index >= 15 is 0 Å². The SMILES string of the molecule is COc1cc(/C=C2\CC(c3ccccc3)C/C(=C\c3ccc(O)c(OC)c3)C2=O)ccc1O. The molecule has 1 aliphatic carbocycles. The Balaban J connectivity index is 1.76. The molecule has 0 unspecified atom stereocenters. The highest BCUT2D eigenvalue weighted by Crippen LogP contribution is 2.39. The van der Waals surface area contributed by atoms with Crippen LogP contribution in [0, 0.1) is 0 Å². The summed E-state index contributed by atoms with van der Waals surface area (Å²) in [5.74, 6) is 0.969. The molecule has 5 heteroatoms. The molecule has 33 heavy (non-hydrogen) atoms. The average Bonchev–Trinajstić information content (AvgIpc) is 2.84. The number of phenolic OH excluding ortho intramolecular Hbond substituents is 2. The predicted molar refractivity (Wildman–Crippen MR) is 129 cm³/mol. The largest absolute Gasteiger partial charge is 0.504 e. The predicted octanol–water partition coefficient (Wildman–Crippen LogP) is 5.73. The summed E-state index contributed by atoms with van der Waals surface area (Å²) in [6, 6.07) is 20.3. The summed E-state index contributed by atoms with van der Waals surface area (Å²) in [5.41, 5.74) is 4.13. The highest BCUT2D eigenvalue weighted by molar-refractivity contribution is 6.14. The number of ether oxygens (including phenoxy) is 2. The number of hydrogen-bond acceptors (Lipinski definition) is 5. The van der Waals surface area contributed by atoms with Crippen LogP contribution in [-0.2, 0) is 4.79 Å². The molecule has 0 atom stereocenters. The summed E-state index contributed by atoms with van der Waals surface area (Å²) in [7, 11) is 2.99. The standard InChI is InChI=1S/C28H26O5/c1-32-26-14-18(8-10-24(26)29)12-22-16-21(20-6-4-3-5-7-20)17-23(28(22)31)13-19-9-11-25(30)27(15-19)33-2/h3-15,21,29-30H,16-17H2,1-2H3/b22-12+,23-13+. The molecule has 0 spiro atoms. The van der Waals surface area contributed by atoms with Gasteiger partial charge in [-0.15, -0.1) is 0 Å². The zero-order chi connectivity index (χ0) is 23.4. The van der Waals surface area contributed by atoms with Crippen molar-refractivity contribution in [3.63, 3.8) is 0 Å². The van der Waals surface area contributed by atoms with E-state index in [1.807, 2.05) is 30.4 Å². The van der Waals surface area contributed by atoms with Crippen molar-refractivity contribution in [1.29, 1.82) is 0 Å². The summed E-state index contributed by atoms with van der Waals surface area (Å²) >= 11 is 0. The Labute approximate surface area is 193 Å². The van der Waals surface area contributed by atoms with E-state index in [2.05, 4.69) is 12.1 Å². The van der Waals surface area contributed by atoms with Gasteiger partial charge in [-0.05, 0) is 71.9 Å². The van der Waals surface area contributed by atoms with Gasteiger partial charge in [0, 0.05) is 11.1 Å². The Morgan fingerprint density at radius 3 is 1.70 bits per heavy atom. The molecule has 3 aromatic carbocycles. The van der Waals surface area contributed by atoms with Crippen LogP contribution >= 0.6 is 0 Å². The maximum absolute atomic E-state index is 13.5. The van der Waals surface area contributed by atoms with Crippen molar-refractivity contribution in [2.24, 2.45) is 0 Å². The fraction of sp³-hybridized carbons (Fsp3) is 0.179. The third kappa shape index (κ3) is 4.93. The molecular formula is C28H26O5. The Kier molecular flexibility index (Phi) is 6.50. The molecule has 0 aromatic heterocycles. The lowest BCUT2D eigenvalue weighted by molar-refractivity contribution is -0.113. The Bertz CT molecular complexity index is 1150. The number of hydrogen-bond donors (Lipinski definition) is 2. The minimum absolute atomic E-state index is 0.0127. The third-order valence-electron chi connectivity index (χ3n) is 5.88. The average molecular weight is 443 g/mol. The van der Waals surface area contributed by atoms with Gasteiger partial charge in [0.1, 0.15) is 0 Å². The fourth-order valence-electron chi connectivity index (χ4n) is 4.17. The van der Waals surface area contributed by atoms with E-state index in [0.29, 0.717) is 35.5 Å². The molecule has 1 aliphatic rings. The third-order valence-corrected chi connectivity index (χ3v) is 5.88. The number of ketones is 1. The normalized spacial score (nSPS) is 18.5. The molecule has 0 aliphatic heterocycles. The monoisotopic (exact) mass is 442 g/mol. The topological polar surface area (TPSA) is 76.0 Å². The molecule has 0 heterocycles. The first-order chi connectivity index (χ1) is 16.0. The second-order valence-electron chi connectivity index (χ2n) is 8.05. The van der Waals surface area contributed by atoms with Crippen LogP contribution in [0.2, 0.25) is 0 Å². The van der Waals surface area contributed by atoms with Crippen LogP contribution in [0.5, 0.6) is 23.0 Å². The number of carbonyl (C=O) groups excluding carboxylic acids is 1. The number of rotatable bonds is 5. The maximum atomic E-state index is 13.5. The first kappa shape index (κ1) is 22.2. The van der Waals surface area contributed by atoms with Crippen LogP contribution in [-0.4, -0.2) is 30.2 Å². The van der Waals surface area contributed by atoms with Crippen molar-refractivity contribution in [2.75, 3.05) is 14.2 Å². The number of benzene rings is 3. The Morgan fingerprint density at radius 2 is 1.24 bits per heavy atom. The first-order valence-electron chi connectivity index (χ1n) is 10.7. The molecule has 0 bridgehead atoms. The minimum atomic E-state index is -0.0127. The number of methoxy groups -OCH3 is 2. The van der Waals surface area contributed by atoms with Gasteiger partial charge in [0.25, 0.3) is 0 Å². The van der Waals surface area contributed by atoms with E-state index in [-0.39, 0.29) is 23.2 Å². The van der Waals surface area contributed by atoms with Crippen LogP contribution in [0.3, 0.4) is 0 Å². The van der Waals surface area contributed by atoms with Gasteiger partial charge in [-0.2, -0.15) is 0 Å². The van der Waals surface area contributed by atoms with Gasteiger partial charge < -0.3 is 19.7 Å². The molecule has 5 nitrogen and oxygen atoms in total. The smallest absolute Gasteiger partial charge is 0.185 e. The van der Waals surface area contributed by atoms with Gasteiger partial charge in [0.05, 0.1) is 14.2 Å². The van der Waals surface area contributed by atoms with Crippen LogP contribution in [0.1, 0.15) is 35.4 Å². The van der Waals surface area contributed by atoms with E-state index < -0.39 is 0 Å². The van der Waals surface area contributed by atoms with E-state index in [1.165, 1.54) is 19.8 Å². The van der Waals surface area contributed by atoms with Crippen molar-refractivity contribution in [1.82, 2.24) is 0 Å². The quantitative estimate of drug-likeness (QED) is 0.494. The van der Waals surface area contributed by atoms with E-state index in [9.17, 15) is 15.0 Å². The molecule has 3 aromatic rings. The molecule has 1 saturated carbocycles. The van der Waals surface area contributed by atoms with Crippen LogP contribution in [0.15, 0.2) is 77.9 Å². The summed E-state index contributed by atoms with van der Waals surface area (Å²) in [4.78, 5) is 13.5. The molecular weight excluding hydrogens is 416 g/mol. The van der Waals surface area contributed by atoms with Crippen LogP contribution in [0.25, 0.3) is 12.2 Å². The lowest BCUT2D eigenvalue weighted by Gasteiger charge is -2.26. The Hall–Kier alpha value is -3.99. The number of phenols is 2. The van der Waals surface area contributed by atoms with Gasteiger partial charge in [0.2, 0.25) is 0 Å². The summed E-state index contributed by atoms with van der Waals surface area (Å²) < 4.78 is 10.4. The highest BCUT2D eigenvalue weighted by atomic mass is 16.5. The summed E-state index contributed by atoms with van der Waals surface area (Å²) in [6.07, 6.45) is 4.96. The van der Waals surface area contributed by atoms with Gasteiger partial charge >= 0.3 is 0 Å². The van der Waals surface area contributed by atoms with Gasteiger partial charge in [-0.25, -0.2) is 0 Å². The van der Waals surface area contributed by atoms with Crippen molar-refractivity contribution in [2.45, 2.75) is 18.8 Å². The molecule has 4 rings (SSSR count). The van der Waals surface area contributed by atoms with E-state index in [1.54, 1.807) is 36.4 Å². The lowest BCUT2D eigenvalue weighted by atomic mass is 9.76. The zero-order valence-electron chi connectivity index (χ0n) is 18.6. The maximum Gasteiger partial charge on any atom is 0.185 e. The van der Waals surface area contributed by atoms with Gasteiger partial charge in [0.15, 0.2) is 28.8 Å². The second-order valence-corrected chi connectivity index (χ2v) is 8.05. The van der Waals surface area contributed by atoms with E-state index in [4.69, 9.17) is 9.47 Å². The van der Waals surface area contributed by atoms with Crippen molar-refractivity contribution < 1.29 is 24.5 Å². The minimum Gasteiger partial charge on any atom is -0.504 e. The van der Waals surface area contributed by atoms with Crippen LogP contribution in [0.4, 0.5) is 0 Å². The summed E-state index contributed by atoms with van der Waals surface area (Å²) in [6.45, 7) is 0. The number of aromatic hydroxyl groups is 2. The number of carbonyl (C=O) groups is 1. The molecule has 2 N–H and O–H groups in total. The fourth-order valence-corrected chi connectivity index (χ4v) is 4.17. The van der Waals surface area contributed by atoms with Crippen molar-refractivity contribution >= 4 is 17.9 Å².